The normalized spacial score (nSPS) is 16.5. The first-order chi connectivity index (χ1) is 16.5. The summed E-state index contributed by atoms with van der Waals surface area (Å²) in [6, 6.07) is 17.9. The third kappa shape index (κ3) is 4.12. The van der Waals surface area contributed by atoms with Gasteiger partial charge in [0.15, 0.2) is 0 Å². The van der Waals surface area contributed by atoms with E-state index in [0.29, 0.717) is 31.6 Å². The number of nitrogens with zero attached hydrogens (tertiary/aromatic N) is 3. The number of esters is 1. The molecule has 3 aromatic rings. The number of carbonyl (C=O) groups is 2. The smallest absolute Gasteiger partial charge is 0.311 e. The number of hydrogen-bond acceptors (Lipinski definition) is 5. The molecular formula is C28H27N3O3. The molecular weight excluding hydrogens is 426 g/mol. The maximum absolute atomic E-state index is 13.1. The van der Waals surface area contributed by atoms with Crippen molar-refractivity contribution in [3.63, 3.8) is 0 Å². The van der Waals surface area contributed by atoms with Crippen LogP contribution in [0, 0.1) is 5.41 Å². The van der Waals surface area contributed by atoms with Crippen molar-refractivity contribution in [1.29, 1.82) is 0 Å². The number of piperidine rings is 1. The Bertz CT molecular complexity index is 1280. The van der Waals surface area contributed by atoms with Crippen LogP contribution < -0.4 is 0 Å². The third-order valence-corrected chi connectivity index (χ3v) is 6.93. The molecule has 2 aliphatic rings. The van der Waals surface area contributed by atoms with Gasteiger partial charge in [-0.3, -0.25) is 14.6 Å². The van der Waals surface area contributed by atoms with Gasteiger partial charge in [0.1, 0.15) is 5.69 Å². The summed E-state index contributed by atoms with van der Waals surface area (Å²) in [5.74, 6) is -0.331. The number of benzene rings is 1. The maximum Gasteiger partial charge on any atom is 0.311 e. The summed E-state index contributed by atoms with van der Waals surface area (Å²) >= 11 is 0. The monoisotopic (exact) mass is 453 g/mol. The summed E-state index contributed by atoms with van der Waals surface area (Å²) in [5, 5.41) is 0. The summed E-state index contributed by atoms with van der Waals surface area (Å²) in [6.07, 6.45) is 5.99. The minimum Gasteiger partial charge on any atom is -0.469 e. The highest BCUT2D eigenvalue weighted by molar-refractivity contribution is 5.93. The predicted octanol–water partition coefficient (Wildman–Crippen LogP) is 4.66. The van der Waals surface area contributed by atoms with Crippen molar-refractivity contribution in [2.75, 3.05) is 20.2 Å². The van der Waals surface area contributed by atoms with Gasteiger partial charge in [-0.1, -0.05) is 36.4 Å². The molecule has 0 atom stereocenters. The van der Waals surface area contributed by atoms with Gasteiger partial charge in [-0.05, 0) is 60.7 Å². The fourth-order valence-corrected chi connectivity index (χ4v) is 4.71. The number of ether oxygens (including phenoxy) is 1. The van der Waals surface area contributed by atoms with E-state index in [4.69, 9.17) is 4.74 Å². The van der Waals surface area contributed by atoms with Crippen LogP contribution in [0.2, 0.25) is 0 Å². The van der Waals surface area contributed by atoms with Crippen molar-refractivity contribution in [2.45, 2.75) is 26.2 Å². The number of likely N-dealkylation sites (tertiary alicyclic amines) is 1. The molecule has 0 saturated carbocycles. The highest BCUT2D eigenvalue weighted by atomic mass is 16.5. The molecule has 1 amide bonds. The lowest BCUT2D eigenvalue weighted by Crippen LogP contribution is -2.45. The first kappa shape index (κ1) is 22.0. The van der Waals surface area contributed by atoms with Crippen LogP contribution in [0.1, 0.15) is 47.1 Å². The molecule has 1 aliphatic carbocycles. The van der Waals surface area contributed by atoms with Gasteiger partial charge in [0.25, 0.3) is 5.91 Å². The minimum atomic E-state index is -0.539. The molecule has 172 valence electrons. The van der Waals surface area contributed by atoms with Gasteiger partial charge in [-0.25, -0.2) is 4.98 Å². The molecule has 0 N–H and O–H groups in total. The van der Waals surface area contributed by atoms with Crippen molar-refractivity contribution < 1.29 is 14.3 Å². The number of hydrogen-bond donors (Lipinski definition) is 0. The van der Waals surface area contributed by atoms with E-state index in [1.807, 2.05) is 43.5 Å². The lowest BCUT2D eigenvalue weighted by molar-refractivity contribution is -0.154. The van der Waals surface area contributed by atoms with Crippen LogP contribution in [0.25, 0.3) is 22.9 Å². The van der Waals surface area contributed by atoms with Crippen LogP contribution in [-0.4, -0.2) is 46.9 Å². The van der Waals surface area contributed by atoms with E-state index in [1.165, 1.54) is 18.2 Å². The van der Waals surface area contributed by atoms with Gasteiger partial charge in [0, 0.05) is 31.3 Å². The average molecular weight is 454 g/mol. The van der Waals surface area contributed by atoms with Crippen LogP contribution in [0.4, 0.5) is 0 Å². The lowest BCUT2D eigenvalue weighted by Gasteiger charge is -2.37. The Balaban J connectivity index is 1.34. The molecule has 0 unspecified atom stereocenters. The van der Waals surface area contributed by atoms with Crippen molar-refractivity contribution in [3.8, 4) is 11.3 Å². The second kappa shape index (κ2) is 8.86. The highest BCUT2D eigenvalue weighted by Gasteiger charge is 2.39. The molecule has 0 spiro atoms. The van der Waals surface area contributed by atoms with E-state index in [0.717, 1.165) is 28.9 Å². The minimum absolute atomic E-state index is 0.117. The molecule has 1 saturated heterocycles. The fourth-order valence-electron chi connectivity index (χ4n) is 4.71. The van der Waals surface area contributed by atoms with Gasteiger partial charge >= 0.3 is 5.97 Å². The van der Waals surface area contributed by atoms with Gasteiger partial charge in [0.05, 0.1) is 23.9 Å². The van der Waals surface area contributed by atoms with Crippen LogP contribution in [0.5, 0.6) is 0 Å². The molecule has 1 fully saturated rings. The van der Waals surface area contributed by atoms with E-state index in [2.05, 4.69) is 34.2 Å². The number of fused-ring (bicyclic) bond motifs is 1. The van der Waals surface area contributed by atoms with E-state index >= 15 is 0 Å². The highest BCUT2D eigenvalue weighted by Crippen LogP contribution is 2.34. The summed E-state index contributed by atoms with van der Waals surface area (Å²) in [4.78, 5) is 36.3. The van der Waals surface area contributed by atoms with Gasteiger partial charge in [0.2, 0.25) is 0 Å². The Kier molecular flexibility index (Phi) is 5.74. The maximum atomic E-state index is 13.1. The number of methoxy groups -OCH3 is 1. The van der Waals surface area contributed by atoms with E-state index in [9.17, 15) is 9.59 Å². The number of amides is 1. The fraction of sp³-hybridized carbons (Fsp3) is 0.286. The van der Waals surface area contributed by atoms with Crippen LogP contribution in [-0.2, 0) is 16.0 Å². The number of pyridine rings is 2. The first-order valence-electron chi connectivity index (χ1n) is 11.6. The molecule has 6 nitrogen and oxygen atoms in total. The molecule has 34 heavy (non-hydrogen) atoms. The van der Waals surface area contributed by atoms with Crippen molar-refractivity contribution in [2.24, 2.45) is 5.41 Å². The zero-order chi connectivity index (χ0) is 23.7. The van der Waals surface area contributed by atoms with E-state index in [-0.39, 0.29) is 11.9 Å². The topological polar surface area (TPSA) is 72.4 Å². The second-order valence-corrected chi connectivity index (χ2v) is 9.22. The quantitative estimate of drug-likeness (QED) is 0.538. The van der Waals surface area contributed by atoms with Crippen molar-refractivity contribution in [1.82, 2.24) is 14.9 Å². The van der Waals surface area contributed by atoms with Crippen LogP contribution in [0.3, 0.4) is 0 Å². The van der Waals surface area contributed by atoms with Gasteiger partial charge in [-0.2, -0.15) is 0 Å². The molecule has 3 heterocycles. The Morgan fingerprint density at radius 3 is 2.50 bits per heavy atom. The van der Waals surface area contributed by atoms with Crippen molar-refractivity contribution in [3.05, 3.63) is 83.3 Å². The summed E-state index contributed by atoms with van der Waals surface area (Å²) < 4.78 is 4.94. The Hall–Kier alpha value is -3.80. The van der Waals surface area contributed by atoms with Gasteiger partial charge < -0.3 is 9.64 Å². The average Bonchev–Trinajstić information content (AvgIpc) is 3.32. The van der Waals surface area contributed by atoms with E-state index < -0.39 is 5.41 Å². The molecule has 6 heteroatoms. The SMILES string of the molecule is COC(=O)C1(C)CCN(C(=O)c2cccc(-c3cnc4c(c3)C=C(c3ccccc3)C4)n2)CC1. The van der Waals surface area contributed by atoms with Crippen molar-refractivity contribution >= 4 is 23.5 Å². The first-order valence-corrected chi connectivity index (χ1v) is 11.6. The molecule has 2 aromatic heterocycles. The number of carbonyl (C=O) groups excluding carboxylic acids is 2. The van der Waals surface area contributed by atoms with Crippen LogP contribution in [0.15, 0.2) is 60.8 Å². The van der Waals surface area contributed by atoms with Crippen LogP contribution >= 0.6 is 0 Å². The number of allylic oxidation sites excluding steroid dienone is 1. The number of aromatic nitrogens is 2. The summed E-state index contributed by atoms with van der Waals surface area (Å²) in [5.41, 5.74) is 6.07. The lowest BCUT2D eigenvalue weighted by atomic mass is 9.80. The Morgan fingerprint density at radius 2 is 1.76 bits per heavy atom. The number of rotatable bonds is 4. The largest absolute Gasteiger partial charge is 0.469 e. The van der Waals surface area contributed by atoms with E-state index in [1.54, 1.807) is 11.0 Å². The molecule has 0 bridgehead atoms. The second-order valence-electron chi connectivity index (χ2n) is 9.22. The molecule has 5 rings (SSSR count). The third-order valence-electron chi connectivity index (χ3n) is 6.93. The molecule has 1 aliphatic heterocycles. The Labute approximate surface area is 199 Å². The Morgan fingerprint density at radius 1 is 1.00 bits per heavy atom. The van der Waals surface area contributed by atoms with Gasteiger partial charge in [-0.15, -0.1) is 0 Å². The summed E-state index contributed by atoms with van der Waals surface area (Å²) in [7, 11) is 1.41. The zero-order valence-electron chi connectivity index (χ0n) is 19.5. The molecule has 1 aromatic carbocycles. The zero-order valence-corrected chi connectivity index (χ0v) is 19.5. The summed E-state index contributed by atoms with van der Waals surface area (Å²) in [6.45, 7) is 2.91. The standard InChI is InChI=1S/C28H27N3O3/c1-28(27(33)34-2)11-13-31(14-12-28)26(32)24-10-6-9-23(30-24)22-16-21-15-20(17-25(21)29-18-22)19-7-4-3-5-8-19/h3-10,15-16,18H,11-14,17H2,1-2H3. The molecule has 0 radical (unpaired) electrons. The predicted molar refractivity (Wildman–Crippen MR) is 131 cm³/mol.